The van der Waals surface area contributed by atoms with Gasteiger partial charge in [0.1, 0.15) is 6.10 Å². The molecule has 3 heteroatoms. The molecule has 1 aliphatic carbocycles. The van der Waals surface area contributed by atoms with Gasteiger partial charge in [-0.3, -0.25) is 9.69 Å². The molecule has 2 rings (SSSR count). The Hall–Kier alpha value is -0.570. The summed E-state index contributed by atoms with van der Waals surface area (Å²) in [6.07, 6.45) is 6.10. The second-order valence-corrected chi connectivity index (χ2v) is 7.81. The van der Waals surface area contributed by atoms with E-state index in [2.05, 4.69) is 32.6 Å². The highest BCUT2D eigenvalue weighted by molar-refractivity contribution is 5.71. The Labute approximate surface area is 130 Å². The minimum absolute atomic E-state index is 0.00527. The zero-order valence-corrected chi connectivity index (χ0v) is 14.3. The van der Waals surface area contributed by atoms with Crippen LogP contribution in [0.4, 0.5) is 0 Å². The van der Waals surface area contributed by atoms with E-state index in [-0.39, 0.29) is 12.1 Å². The summed E-state index contributed by atoms with van der Waals surface area (Å²) in [5.74, 6) is 2.64. The number of rotatable bonds is 4. The largest absolute Gasteiger partial charge is 0.461 e. The summed E-state index contributed by atoms with van der Waals surface area (Å²) in [6, 6.07) is 0. The van der Waals surface area contributed by atoms with Crippen molar-refractivity contribution in [2.45, 2.75) is 65.9 Å². The predicted octanol–water partition coefficient (Wildman–Crippen LogP) is 3.72. The van der Waals surface area contributed by atoms with Gasteiger partial charge in [0.05, 0.1) is 6.54 Å². The lowest BCUT2D eigenvalue weighted by Gasteiger charge is -2.37. The lowest BCUT2D eigenvalue weighted by atomic mass is 9.75. The first-order valence-electron chi connectivity index (χ1n) is 8.87. The van der Waals surface area contributed by atoms with Gasteiger partial charge in [0.15, 0.2) is 0 Å². The van der Waals surface area contributed by atoms with Gasteiger partial charge >= 0.3 is 5.97 Å². The number of carbonyl (C=O) groups is 1. The topological polar surface area (TPSA) is 29.5 Å². The molecule has 0 radical (unpaired) electrons. The Balaban J connectivity index is 1.82. The summed E-state index contributed by atoms with van der Waals surface area (Å²) in [6.45, 7) is 11.7. The highest BCUT2D eigenvalue weighted by Crippen LogP contribution is 2.35. The van der Waals surface area contributed by atoms with Crippen LogP contribution in [0.15, 0.2) is 0 Å². The van der Waals surface area contributed by atoms with Gasteiger partial charge < -0.3 is 4.74 Å². The third-order valence-corrected chi connectivity index (χ3v) is 5.47. The third kappa shape index (κ3) is 4.98. The predicted molar refractivity (Wildman–Crippen MR) is 86.1 cm³/mol. The molecule has 2 aliphatic rings. The van der Waals surface area contributed by atoms with Crippen molar-refractivity contribution in [3.8, 4) is 0 Å². The maximum atomic E-state index is 12.3. The van der Waals surface area contributed by atoms with Crippen LogP contribution < -0.4 is 0 Å². The van der Waals surface area contributed by atoms with E-state index in [1.807, 2.05) is 0 Å². The molecule has 122 valence electrons. The molecule has 0 amide bonds. The van der Waals surface area contributed by atoms with Crippen molar-refractivity contribution in [1.29, 1.82) is 0 Å². The Kier molecular flexibility index (Phi) is 6.09. The van der Waals surface area contributed by atoms with E-state index in [0.29, 0.717) is 24.3 Å². The van der Waals surface area contributed by atoms with Crippen molar-refractivity contribution in [2.24, 2.45) is 23.7 Å². The first-order chi connectivity index (χ1) is 9.95. The van der Waals surface area contributed by atoms with Gasteiger partial charge in [-0.05, 0) is 62.4 Å². The van der Waals surface area contributed by atoms with Crippen molar-refractivity contribution < 1.29 is 9.53 Å². The van der Waals surface area contributed by atoms with Crippen molar-refractivity contribution >= 4 is 5.97 Å². The molecule has 1 saturated heterocycles. The summed E-state index contributed by atoms with van der Waals surface area (Å²) in [4.78, 5) is 14.5. The fourth-order valence-electron chi connectivity index (χ4n) is 3.86. The summed E-state index contributed by atoms with van der Waals surface area (Å²) < 4.78 is 5.88. The molecule has 1 saturated carbocycles. The number of hydrogen-bond acceptors (Lipinski definition) is 3. The Morgan fingerprint density at radius 1 is 1.10 bits per heavy atom. The van der Waals surface area contributed by atoms with Gasteiger partial charge in [0.25, 0.3) is 0 Å². The van der Waals surface area contributed by atoms with E-state index in [4.69, 9.17) is 4.74 Å². The van der Waals surface area contributed by atoms with Crippen LogP contribution >= 0.6 is 0 Å². The van der Waals surface area contributed by atoms with Gasteiger partial charge in [-0.1, -0.05) is 34.1 Å². The molecule has 0 bridgehead atoms. The number of nitrogens with zero attached hydrogens (tertiary/aromatic N) is 1. The molecule has 0 aromatic heterocycles. The lowest BCUT2D eigenvalue weighted by molar-refractivity contribution is -0.157. The number of piperidine rings is 1. The highest BCUT2D eigenvalue weighted by atomic mass is 16.5. The molecule has 0 aromatic rings. The monoisotopic (exact) mass is 295 g/mol. The molecule has 3 atom stereocenters. The molecule has 0 aromatic carbocycles. The molecular weight excluding hydrogens is 262 g/mol. The molecule has 1 aliphatic heterocycles. The van der Waals surface area contributed by atoms with Gasteiger partial charge in [0.2, 0.25) is 0 Å². The van der Waals surface area contributed by atoms with Crippen LogP contribution in [0.2, 0.25) is 0 Å². The van der Waals surface area contributed by atoms with Crippen LogP contribution in [0.3, 0.4) is 0 Å². The molecular formula is C18H33NO2. The SMILES string of the molecule is CC1CCN(CC(=O)O[C@@H]2C[C@@H](C)CC[C@@H]2C(C)C)CC1. The summed E-state index contributed by atoms with van der Waals surface area (Å²) in [5.41, 5.74) is 0. The van der Waals surface area contributed by atoms with Crippen LogP contribution in [-0.4, -0.2) is 36.6 Å². The highest BCUT2D eigenvalue weighted by Gasteiger charge is 2.33. The standard InChI is InChI=1S/C18H33NO2/c1-13(2)16-6-5-15(4)11-17(16)21-18(20)12-19-9-7-14(3)8-10-19/h13-17H,5-12H2,1-4H3/t15-,16+,17+/m0/s1. The van der Waals surface area contributed by atoms with Crippen molar-refractivity contribution in [1.82, 2.24) is 4.90 Å². The maximum Gasteiger partial charge on any atom is 0.320 e. The van der Waals surface area contributed by atoms with E-state index in [0.717, 1.165) is 25.4 Å². The number of hydrogen-bond donors (Lipinski definition) is 0. The first-order valence-corrected chi connectivity index (χ1v) is 8.87. The molecule has 3 nitrogen and oxygen atoms in total. The van der Waals surface area contributed by atoms with E-state index in [1.54, 1.807) is 0 Å². The summed E-state index contributed by atoms with van der Waals surface area (Å²) >= 11 is 0. The van der Waals surface area contributed by atoms with Gasteiger partial charge in [-0.2, -0.15) is 0 Å². The Bertz CT molecular complexity index is 334. The third-order valence-electron chi connectivity index (χ3n) is 5.47. The number of carbonyl (C=O) groups excluding carboxylic acids is 1. The fourth-order valence-corrected chi connectivity index (χ4v) is 3.86. The van der Waals surface area contributed by atoms with Crippen molar-refractivity contribution in [2.75, 3.05) is 19.6 Å². The summed E-state index contributed by atoms with van der Waals surface area (Å²) in [5, 5.41) is 0. The molecule has 0 spiro atoms. The molecule has 0 N–H and O–H groups in total. The smallest absolute Gasteiger partial charge is 0.320 e. The maximum absolute atomic E-state index is 12.3. The molecule has 21 heavy (non-hydrogen) atoms. The van der Waals surface area contributed by atoms with E-state index < -0.39 is 0 Å². The average molecular weight is 295 g/mol. The van der Waals surface area contributed by atoms with Crippen molar-refractivity contribution in [3.63, 3.8) is 0 Å². The summed E-state index contributed by atoms with van der Waals surface area (Å²) in [7, 11) is 0. The minimum Gasteiger partial charge on any atom is -0.461 e. The van der Waals surface area contributed by atoms with Crippen LogP contribution in [0, 0.1) is 23.7 Å². The Morgan fingerprint density at radius 3 is 2.38 bits per heavy atom. The van der Waals surface area contributed by atoms with Crippen LogP contribution in [-0.2, 0) is 9.53 Å². The molecule has 1 heterocycles. The average Bonchev–Trinajstić information content (AvgIpc) is 2.41. The van der Waals surface area contributed by atoms with Crippen LogP contribution in [0.25, 0.3) is 0 Å². The van der Waals surface area contributed by atoms with Crippen molar-refractivity contribution in [3.05, 3.63) is 0 Å². The first kappa shape index (κ1) is 16.8. The minimum atomic E-state index is -0.00527. The van der Waals surface area contributed by atoms with Gasteiger partial charge in [-0.25, -0.2) is 0 Å². The normalized spacial score (nSPS) is 32.3. The second kappa shape index (κ2) is 7.62. The fraction of sp³-hybridized carbons (Fsp3) is 0.944. The molecule has 2 fully saturated rings. The van der Waals surface area contributed by atoms with Gasteiger partial charge in [0, 0.05) is 0 Å². The molecule has 0 unspecified atom stereocenters. The van der Waals surface area contributed by atoms with E-state index in [1.165, 1.54) is 25.7 Å². The number of ether oxygens (including phenoxy) is 1. The zero-order chi connectivity index (χ0) is 15.4. The second-order valence-electron chi connectivity index (χ2n) is 7.81. The van der Waals surface area contributed by atoms with Crippen LogP contribution in [0.5, 0.6) is 0 Å². The quantitative estimate of drug-likeness (QED) is 0.740. The Morgan fingerprint density at radius 2 is 1.76 bits per heavy atom. The zero-order valence-electron chi connectivity index (χ0n) is 14.3. The van der Waals surface area contributed by atoms with E-state index >= 15 is 0 Å². The number of likely N-dealkylation sites (tertiary alicyclic amines) is 1. The lowest BCUT2D eigenvalue weighted by Crippen LogP contribution is -2.41. The van der Waals surface area contributed by atoms with Crippen LogP contribution in [0.1, 0.15) is 59.8 Å². The number of esters is 1. The van der Waals surface area contributed by atoms with Gasteiger partial charge in [-0.15, -0.1) is 0 Å². The van der Waals surface area contributed by atoms with E-state index in [9.17, 15) is 4.79 Å².